The Labute approximate surface area is 719 Å². The van der Waals surface area contributed by atoms with Crippen molar-refractivity contribution < 1.29 is 0 Å². The molecule has 4 aromatic heterocycles. The topological polar surface area (TPSA) is 19.7 Å². The third kappa shape index (κ3) is 13.0. The molecular weight excluding hydrogens is 1500 g/mol. The maximum atomic E-state index is 2.44. The molecule has 4 heterocycles. The van der Waals surface area contributed by atoms with Crippen LogP contribution in [-0.2, 0) is 0 Å². The minimum atomic E-state index is 1.14. The summed E-state index contributed by atoms with van der Waals surface area (Å²) >= 11 is 0. The average Bonchev–Trinajstić information content (AvgIpc) is 1.59. The fourth-order valence-electron chi connectivity index (χ4n) is 19.1. The monoisotopic (exact) mass is 1580 g/mol. The molecule has 0 unspecified atom stereocenters. The average molecular weight is 1580 g/mol. The molecule has 0 radical (unpaired) electrons. The van der Waals surface area contributed by atoms with E-state index >= 15 is 0 Å². The van der Waals surface area contributed by atoms with E-state index in [0.717, 1.165) is 17.1 Å². The van der Waals surface area contributed by atoms with Crippen molar-refractivity contribution in [1.29, 1.82) is 0 Å². The van der Waals surface area contributed by atoms with Gasteiger partial charge in [0.2, 0.25) is 0 Å². The summed E-state index contributed by atoms with van der Waals surface area (Å²) in [5.41, 5.74) is 38.4. The van der Waals surface area contributed by atoms with Gasteiger partial charge in [-0.15, -0.1) is 0 Å². The second-order valence-corrected chi connectivity index (χ2v) is 32.2. The number of para-hydroxylation sites is 5. The van der Waals surface area contributed by atoms with Crippen LogP contribution in [0, 0.1) is 0 Å². The predicted octanol–water partition coefficient (Wildman–Crippen LogP) is 32.4. The number of hydrogen-bond acceptors (Lipinski definition) is 0. The number of benzene rings is 20. The predicted molar refractivity (Wildman–Crippen MR) is 525 cm³/mol. The smallest absolute Gasteiger partial charge is 0.0541 e. The van der Waals surface area contributed by atoms with Crippen LogP contribution in [0.1, 0.15) is 0 Å². The van der Waals surface area contributed by atoms with E-state index in [2.05, 4.69) is 504 Å². The molecule has 0 aliphatic rings. The molecule has 124 heavy (non-hydrogen) atoms. The van der Waals surface area contributed by atoms with Gasteiger partial charge < -0.3 is 18.3 Å². The second kappa shape index (κ2) is 31.1. The van der Waals surface area contributed by atoms with Crippen LogP contribution in [0.3, 0.4) is 0 Å². The number of aromatic nitrogens is 4. The quantitative estimate of drug-likeness (QED) is 0.103. The Hall–Kier alpha value is -16.4. The van der Waals surface area contributed by atoms with E-state index in [9.17, 15) is 0 Å². The summed E-state index contributed by atoms with van der Waals surface area (Å²) in [7, 11) is 0. The highest BCUT2D eigenvalue weighted by Gasteiger charge is 2.23. The fraction of sp³-hybridized carbons (Fsp3) is 0. The molecule has 0 aliphatic carbocycles. The van der Waals surface area contributed by atoms with E-state index in [4.69, 9.17) is 0 Å². The highest BCUT2D eigenvalue weighted by atomic mass is 15.0. The van der Waals surface area contributed by atoms with E-state index in [0.29, 0.717) is 0 Å². The molecular formula is C120H80N4. The zero-order chi connectivity index (χ0) is 82.0. The third-order valence-corrected chi connectivity index (χ3v) is 25.1. The molecule has 0 fully saturated rings. The van der Waals surface area contributed by atoms with Crippen LogP contribution in [-0.4, -0.2) is 18.3 Å². The molecule has 0 saturated carbocycles. The van der Waals surface area contributed by atoms with Crippen LogP contribution >= 0.6 is 0 Å². The van der Waals surface area contributed by atoms with Crippen LogP contribution in [0.2, 0.25) is 0 Å². The fourth-order valence-corrected chi connectivity index (χ4v) is 19.1. The summed E-state index contributed by atoms with van der Waals surface area (Å²) in [5.74, 6) is 0. The normalized spacial score (nSPS) is 11.5. The van der Waals surface area contributed by atoms with Gasteiger partial charge in [-0.05, 0) is 227 Å². The van der Waals surface area contributed by atoms with Gasteiger partial charge in [-0.25, -0.2) is 0 Å². The molecule has 0 N–H and O–H groups in total. The minimum absolute atomic E-state index is 1.14. The standard InChI is InChI=1S/2C60H40N2/c1-4-16-41(17-5-1)42-28-30-45(31-29-42)50-22-10-13-25-56(50)62-58-27-15-12-24-52(58)55-39-47(33-37-60(55)62)46-32-36-59-54(38-46)51-23-11-14-26-57(51)61(59)48-34-35-49(43-18-6-2-7-19-43)53(40-48)44-20-8-3-9-21-44;1-3-13-41(14-4-1)43-25-27-44(28-26-43)45-29-33-51(34-30-45)61-57-23-9-7-21-53(57)55-39-49(31-35-59(55)61)50-32-36-60-56(40-50)54-22-8-10-24-58(54)62(60)52-20-12-19-48(38-52)47-18-11-17-46(37-47)42-15-5-2-6-16-42/h2*1-40H. The van der Waals surface area contributed by atoms with Gasteiger partial charge in [0.25, 0.3) is 0 Å². The van der Waals surface area contributed by atoms with Crippen LogP contribution in [0.25, 0.3) is 221 Å². The summed E-state index contributed by atoms with van der Waals surface area (Å²) < 4.78 is 9.69. The second-order valence-electron chi connectivity index (χ2n) is 32.2. The Morgan fingerprint density at radius 3 is 0.790 bits per heavy atom. The summed E-state index contributed by atoms with van der Waals surface area (Å²) in [6, 6.07) is 177. The van der Waals surface area contributed by atoms with Crippen LogP contribution in [0.5, 0.6) is 0 Å². The van der Waals surface area contributed by atoms with E-state index < -0.39 is 0 Å². The summed E-state index contributed by atoms with van der Waals surface area (Å²) in [5, 5.41) is 9.93. The lowest BCUT2D eigenvalue weighted by molar-refractivity contribution is 1.18. The first-order chi connectivity index (χ1) is 61.5. The SMILES string of the molecule is c1ccc(-c2ccc(-c3ccc(-n4c5ccccc5c5cc(-c6ccc7c(c6)c6ccccc6n7-c6cccc(-c7cccc(-c8ccccc8)c7)c6)ccc54)cc3)cc2)cc1.c1ccc(-c2ccc(-c3ccccc3-n3c4ccccc4c4cc(-c5ccc6c(c5)c5ccccc5n6-c5ccc(-c6ccccc6)c(-c6ccccc6)c5)ccc43)cc2)cc1. The van der Waals surface area contributed by atoms with Gasteiger partial charge in [0.05, 0.1) is 49.8 Å². The number of hydrogen-bond donors (Lipinski definition) is 0. The number of rotatable bonds is 14. The van der Waals surface area contributed by atoms with Crippen LogP contribution < -0.4 is 0 Å². The molecule has 0 aliphatic heterocycles. The number of fused-ring (bicyclic) bond motifs is 12. The Balaban J connectivity index is 0.000000143. The lowest BCUT2D eigenvalue weighted by Crippen LogP contribution is -1.97. The molecule has 0 amide bonds. The van der Waals surface area contributed by atoms with Crippen molar-refractivity contribution in [3.8, 4) is 134 Å². The van der Waals surface area contributed by atoms with Gasteiger partial charge >= 0.3 is 0 Å². The minimum Gasteiger partial charge on any atom is -0.309 e. The van der Waals surface area contributed by atoms with E-state index in [1.165, 1.54) is 204 Å². The largest absolute Gasteiger partial charge is 0.309 e. The van der Waals surface area contributed by atoms with E-state index in [-0.39, 0.29) is 0 Å². The lowest BCUT2D eigenvalue weighted by atomic mass is 9.94. The first-order valence-corrected chi connectivity index (χ1v) is 42.7. The zero-order valence-electron chi connectivity index (χ0n) is 68.0. The molecule has 0 saturated heterocycles. The summed E-state index contributed by atoms with van der Waals surface area (Å²) in [4.78, 5) is 0. The molecule has 24 rings (SSSR count). The molecule has 20 aromatic carbocycles. The summed E-state index contributed by atoms with van der Waals surface area (Å²) in [6.45, 7) is 0. The zero-order valence-corrected chi connectivity index (χ0v) is 68.0. The van der Waals surface area contributed by atoms with Gasteiger partial charge in [0, 0.05) is 65.7 Å². The van der Waals surface area contributed by atoms with Crippen LogP contribution in [0.15, 0.2) is 485 Å². The van der Waals surface area contributed by atoms with Crippen LogP contribution in [0.4, 0.5) is 0 Å². The van der Waals surface area contributed by atoms with Crippen molar-refractivity contribution in [1.82, 2.24) is 18.3 Å². The van der Waals surface area contributed by atoms with E-state index in [1.807, 2.05) is 0 Å². The van der Waals surface area contributed by atoms with Crippen molar-refractivity contribution in [2.45, 2.75) is 0 Å². The molecule has 0 spiro atoms. The highest BCUT2D eigenvalue weighted by Crippen LogP contribution is 2.45. The number of nitrogens with zero attached hydrogens (tertiary/aromatic N) is 4. The molecule has 0 bridgehead atoms. The summed E-state index contributed by atoms with van der Waals surface area (Å²) in [6.07, 6.45) is 0. The van der Waals surface area contributed by atoms with Gasteiger partial charge in [0.1, 0.15) is 0 Å². The maximum absolute atomic E-state index is 2.44. The van der Waals surface area contributed by atoms with Crippen molar-refractivity contribution in [3.05, 3.63) is 485 Å². The first-order valence-electron chi connectivity index (χ1n) is 42.7. The van der Waals surface area contributed by atoms with Gasteiger partial charge in [-0.3, -0.25) is 0 Å². The van der Waals surface area contributed by atoms with Crippen molar-refractivity contribution in [2.75, 3.05) is 0 Å². The Morgan fingerprint density at radius 1 is 0.105 bits per heavy atom. The third-order valence-electron chi connectivity index (χ3n) is 25.1. The molecule has 4 heteroatoms. The molecule has 24 aromatic rings. The highest BCUT2D eigenvalue weighted by molar-refractivity contribution is 6.15. The van der Waals surface area contributed by atoms with E-state index in [1.54, 1.807) is 0 Å². The molecule has 0 atom stereocenters. The lowest BCUT2D eigenvalue weighted by Gasteiger charge is -2.15. The molecule has 580 valence electrons. The van der Waals surface area contributed by atoms with Gasteiger partial charge in [0.15, 0.2) is 0 Å². The van der Waals surface area contributed by atoms with Gasteiger partial charge in [-0.2, -0.15) is 0 Å². The van der Waals surface area contributed by atoms with Crippen molar-refractivity contribution >= 4 is 87.2 Å². The van der Waals surface area contributed by atoms with Gasteiger partial charge in [-0.1, -0.05) is 364 Å². The Morgan fingerprint density at radius 2 is 0.355 bits per heavy atom. The van der Waals surface area contributed by atoms with Crippen molar-refractivity contribution in [2.24, 2.45) is 0 Å². The molecule has 4 nitrogen and oxygen atoms in total. The maximum Gasteiger partial charge on any atom is 0.0541 e. The Kier molecular flexibility index (Phi) is 18.2. The first kappa shape index (κ1) is 72.8. The Bertz CT molecular complexity index is 8160. The van der Waals surface area contributed by atoms with Crippen molar-refractivity contribution in [3.63, 3.8) is 0 Å².